The van der Waals surface area contributed by atoms with Gasteiger partial charge in [-0.05, 0) is 106 Å². The van der Waals surface area contributed by atoms with Crippen LogP contribution in [0.1, 0.15) is 25.3 Å². The van der Waals surface area contributed by atoms with Crippen molar-refractivity contribution in [2.24, 2.45) is 10.2 Å². The van der Waals surface area contributed by atoms with E-state index < -0.39 is 0 Å². The van der Waals surface area contributed by atoms with Crippen molar-refractivity contribution in [2.45, 2.75) is 26.2 Å². The van der Waals surface area contributed by atoms with Gasteiger partial charge in [0.15, 0.2) is 0 Å². The molecule has 0 spiro atoms. The Balaban J connectivity index is 0.992. The first-order valence-corrected chi connectivity index (χ1v) is 14.8. The quantitative estimate of drug-likeness (QED) is 0.0837. The molecule has 0 aliphatic rings. The predicted molar refractivity (Wildman–Crippen MR) is 176 cm³/mol. The summed E-state index contributed by atoms with van der Waals surface area (Å²) >= 11 is 0. The number of likely N-dealkylation sites (N-methyl/N-ethyl adjacent to an activating group) is 1. The molecule has 0 amide bonds. The number of carbonyl (C=O) groups is 1. The summed E-state index contributed by atoms with van der Waals surface area (Å²) in [7, 11) is 1.64. The minimum absolute atomic E-state index is 0.150. The van der Waals surface area contributed by atoms with E-state index in [4.69, 9.17) is 9.47 Å². The highest BCUT2D eigenvalue weighted by molar-refractivity contribution is 6.23. The molecule has 0 saturated heterocycles. The normalized spacial score (nSPS) is 11.6. The van der Waals surface area contributed by atoms with Crippen LogP contribution in [-0.4, -0.2) is 32.8 Å². The molecule has 216 valence electrons. The number of nitrogens with zero attached hydrogens (tertiary/aromatic N) is 3. The van der Waals surface area contributed by atoms with Gasteiger partial charge in [-0.15, -0.1) is 0 Å². The monoisotopic (exact) mass is 569 g/mol. The van der Waals surface area contributed by atoms with Gasteiger partial charge in [-0.25, -0.2) is 0 Å². The van der Waals surface area contributed by atoms with Gasteiger partial charge in [-0.2, -0.15) is 10.2 Å². The molecule has 0 aliphatic carbocycles. The van der Waals surface area contributed by atoms with E-state index in [9.17, 15) is 4.79 Å². The molecule has 43 heavy (non-hydrogen) atoms. The summed E-state index contributed by atoms with van der Waals surface area (Å²) in [4.78, 5) is 14.8. The fourth-order valence-electron chi connectivity index (χ4n) is 5.74. The minimum atomic E-state index is -0.150. The zero-order valence-electron chi connectivity index (χ0n) is 24.6. The highest BCUT2D eigenvalue weighted by Gasteiger charge is 2.12. The first kappa shape index (κ1) is 28.2. The SMILES string of the molecule is CCN(CCOC(=O)CCCc1ccc2ccc3cccc4ccc1c2c34)c1ccc(N=Nc2ccc(OC)cc2)cc1. The average Bonchev–Trinajstić information content (AvgIpc) is 3.06. The van der Waals surface area contributed by atoms with E-state index in [1.807, 2.05) is 48.5 Å². The largest absolute Gasteiger partial charge is 0.497 e. The smallest absolute Gasteiger partial charge is 0.305 e. The molecule has 6 aromatic carbocycles. The Morgan fingerprint density at radius 1 is 0.744 bits per heavy atom. The van der Waals surface area contributed by atoms with Crippen molar-refractivity contribution in [2.75, 3.05) is 31.7 Å². The number of methoxy groups -OCH3 is 1. The van der Waals surface area contributed by atoms with Crippen LogP contribution in [0.4, 0.5) is 17.1 Å². The highest BCUT2D eigenvalue weighted by atomic mass is 16.5. The number of rotatable bonds is 12. The van der Waals surface area contributed by atoms with E-state index in [2.05, 4.69) is 76.6 Å². The lowest BCUT2D eigenvalue weighted by Gasteiger charge is -2.23. The zero-order valence-corrected chi connectivity index (χ0v) is 24.6. The van der Waals surface area contributed by atoms with Gasteiger partial charge in [0, 0.05) is 18.7 Å². The lowest BCUT2D eigenvalue weighted by Crippen LogP contribution is -2.27. The molecule has 6 heteroatoms. The first-order valence-electron chi connectivity index (χ1n) is 14.8. The molecule has 6 aromatic rings. The van der Waals surface area contributed by atoms with Crippen molar-refractivity contribution in [1.29, 1.82) is 0 Å². The number of benzene rings is 6. The van der Waals surface area contributed by atoms with Crippen LogP contribution in [0.3, 0.4) is 0 Å². The number of azo groups is 1. The molecule has 0 unspecified atom stereocenters. The Labute approximate surface area is 251 Å². The van der Waals surface area contributed by atoms with Gasteiger partial charge in [-0.1, -0.05) is 54.6 Å². The molecule has 0 radical (unpaired) electrons. The topological polar surface area (TPSA) is 63.5 Å². The van der Waals surface area contributed by atoms with E-state index in [1.165, 1.54) is 37.9 Å². The number of aryl methyl sites for hydroxylation is 1. The second-order valence-electron chi connectivity index (χ2n) is 10.6. The number of anilines is 1. The lowest BCUT2D eigenvalue weighted by molar-refractivity contribution is -0.143. The van der Waals surface area contributed by atoms with Crippen LogP contribution < -0.4 is 9.64 Å². The lowest BCUT2D eigenvalue weighted by atomic mass is 9.90. The van der Waals surface area contributed by atoms with E-state index in [0.717, 1.165) is 42.2 Å². The summed E-state index contributed by atoms with van der Waals surface area (Å²) in [6.07, 6.45) is 2.00. The second kappa shape index (κ2) is 12.9. The van der Waals surface area contributed by atoms with Crippen molar-refractivity contribution in [1.82, 2.24) is 0 Å². The van der Waals surface area contributed by atoms with Crippen LogP contribution in [-0.2, 0) is 16.0 Å². The maximum absolute atomic E-state index is 12.6. The molecule has 6 nitrogen and oxygen atoms in total. The molecule has 0 N–H and O–H groups in total. The molecule has 0 fully saturated rings. The number of carbonyl (C=O) groups excluding carboxylic acids is 1. The number of esters is 1. The van der Waals surface area contributed by atoms with E-state index >= 15 is 0 Å². The van der Waals surface area contributed by atoms with Gasteiger partial charge in [0.05, 0.1) is 25.0 Å². The molecule has 0 heterocycles. The molecule has 6 rings (SSSR count). The van der Waals surface area contributed by atoms with E-state index in [0.29, 0.717) is 19.6 Å². The van der Waals surface area contributed by atoms with Crippen molar-refractivity contribution in [3.8, 4) is 5.75 Å². The fourth-order valence-corrected chi connectivity index (χ4v) is 5.74. The van der Waals surface area contributed by atoms with Crippen LogP contribution in [0.5, 0.6) is 5.75 Å². The Bertz CT molecular complexity index is 1850. The maximum Gasteiger partial charge on any atom is 0.305 e. The van der Waals surface area contributed by atoms with Crippen molar-refractivity contribution in [3.63, 3.8) is 0 Å². The standard InChI is InChI=1S/C37H35N3O3/c1-3-40(32-19-15-30(16-20-32)38-39-31-17-21-33(42-2)22-18-31)24-25-43-35(41)9-5-6-26-10-11-29-13-12-27-7-4-8-28-14-23-34(26)37(29)36(27)28/h4,7-8,10-23H,3,5-6,9,24-25H2,1-2H3. The van der Waals surface area contributed by atoms with Gasteiger partial charge in [0.2, 0.25) is 0 Å². The Morgan fingerprint density at radius 3 is 2.05 bits per heavy atom. The Hall–Kier alpha value is -4.97. The summed E-state index contributed by atoms with van der Waals surface area (Å²) in [5.74, 6) is 0.636. The summed E-state index contributed by atoms with van der Waals surface area (Å²) in [5.41, 5.74) is 3.86. The van der Waals surface area contributed by atoms with Crippen LogP contribution in [0.25, 0.3) is 32.3 Å². The third-order valence-corrected chi connectivity index (χ3v) is 8.02. The van der Waals surface area contributed by atoms with Crippen molar-refractivity contribution >= 4 is 55.3 Å². The van der Waals surface area contributed by atoms with Crippen LogP contribution in [0.15, 0.2) is 113 Å². The molecule has 0 aromatic heterocycles. The third-order valence-electron chi connectivity index (χ3n) is 8.02. The number of ether oxygens (including phenoxy) is 2. The number of hydrogen-bond donors (Lipinski definition) is 0. The van der Waals surface area contributed by atoms with E-state index in [-0.39, 0.29) is 5.97 Å². The molecule has 0 saturated carbocycles. The second-order valence-corrected chi connectivity index (χ2v) is 10.6. The Morgan fingerprint density at radius 2 is 1.37 bits per heavy atom. The highest BCUT2D eigenvalue weighted by Crippen LogP contribution is 2.36. The van der Waals surface area contributed by atoms with Crippen LogP contribution in [0.2, 0.25) is 0 Å². The Kier molecular flexibility index (Phi) is 8.45. The minimum Gasteiger partial charge on any atom is -0.497 e. The van der Waals surface area contributed by atoms with Gasteiger partial charge in [0.25, 0.3) is 0 Å². The average molecular weight is 570 g/mol. The van der Waals surface area contributed by atoms with Gasteiger partial charge in [0.1, 0.15) is 12.4 Å². The molecule has 0 bridgehead atoms. The van der Waals surface area contributed by atoms with Crippen molar-refractivity contribution in [3.05, 3.63) is 109 Å². The van der Waals surface area contributed by atoms with Gasteiger partial charge < -0.3 is 14.4 Å². The molecule has 0 atom stereocenters. The van der Waals surface area contributed by atoms with Crippen LogP contribution in [0, 0.1) is 0 Å². The zero-order chi connectivity index (χ0) is 29.6. The predicted octanol–water partition coefficient (Wildman–Crippen LogP) is 9.40. The molecular formula is C37H35N3O3. The summed E-state index contributed by atoms with van der Waals surface area (Å²) in [6.45, 7) is 3.88. The van der Waals surface area contributed by atoms with Gasteiger partial charge >= 0.3 is 5.97 Å². The summed E-state index contributed by atoms with van der Waals surface area (Å²) in [6, 6.07) is 35.1. The molecule has 0 aliphatic heterocycles. The third kappa shape index (κ3) is 6.28. The summed E-state index contributed by atoms with van der Waals surface area (Å²) in [5, 5.41) is 16.3. The number of hydrogen-bond acceptors (Lipinski definition) is 6. The van der Waals surface area contributed by atoms with Crippen LogP contribution >= 0.6 is 0 Å². The fraction of sp³-hybridized carbons (Fsp3) is 0.216. The summed E-state index contributed by atoms with van der Waals surface area (Å²) < 4.78 is 10.8. The first-order chi connectivity index (χ1) is 21.1. The van der Waals surface area contributed by atoms with E-state index in [1.54, 1.807) is 7.11 Å². The van der Waals surface area contributed by atoms with Gasteiger partial charge in [-0.3, -0.25) is 4.79 Å². The molecular weight excluding hydrogens is 534 g/mol. The van der Waals surface area contributed by atoms with Crippen molar-refractivity contribution < 1.29 is 14.3 Å². The maximum atomic E-state index is 12.6.